The smallest absolute Gasteiger partial charge is 0.274 e. The summed E-state index contributed by atoms with van der Waals surface area (Å²) in [5.41, 5.74) is 0.852. The fraction of sp³-hybridized carbons (Fsp3) is 0.235. The fourth-order valence-electron chi connectivity index (χ4n) is 2.69. The number of carbonyl (C=O) groups is 1. The van der Waals surface area contributed by atoms with Crippen molar-refractivity contribution >= 4 is 15.9 Å². The largest absolute Gasteiger partial charge is 0.288 e. The summed E-state index contributed by atoms with van der Waals surface area (Å²) in [5.74, 6) is -10.4. The van der Waals surface area contributed by atoms with Crippen molar-refractivity contribution in [1.29, 1.82) is 0 Å². The third-order valence-corrected chi connectivity index (χ3v) is 6.25. The van der Waals surface area contributed by atoms with Gasteiger partial charge in [-0.05, 0) is 25.0 Å². The molecule has 0 aliphatic heterocycles. The molecule has 1 saturated carbocycles. The van der Waals surface area contributed by atoms with Gasteiger partial charge in [-0.2, -0.15) is 4.31 Å². The zero-order valence-electron chi connectivity index (χ0n) is 14.4. The molecule has 1 fully saturated rings. The third kappa shape index (κ3) is 3.95. The van der Waals surface area contributed by atoms with Crippen molar-refractivity contribution in [2.24, 2.45) is 0 Å². The Morgan fingerprint density at radius 1 is 1.03 bits per heavy atom. The lowest BCUT2D eigenvalue weighted by Crippen LogP contribution is -2.34. The van der Waals surface area contributed by atoms with Gasteiger partial charge in [-0.15, -0.1) is 0 Å². The number of rotatable bonds is 6. The average Bonchev–Trinajstić information content (AvgIpc) is 3.52. The molecule has 2 aromatic rings. The molecule has 0 bridgehead atoms. The molecule has 3 rings (SSSR count). The van der Waals surface area contributed by atoms with Crippen LogP contribution in [0.5, 0.6) is 0 Å². The second-order valence-electron chi connectivity index (χ2n) is 6.33. The Labute approximate surface area is 161 Å². The molecule has 2 aromatic carbocycles. The number of hydrogen-bond acceptors (Lipinski definition) is 4. The van der Waals surface area contributed by atoms with Gasteiger partial charge in [-0.3, -0.25) is 10.0 Å². The molecule has 0 spiro atoms. The number of nitrogens with zero attached hydrogens (tertiary/aromatic N) is 1. The summed E-state index contributed by atoms with van der Waals surface area (Å²) in [6.07, 6.45) is 0.694. The number of hydrogen-bond donors (Lipinski definition) is 2. The lowest BCUT2D eigenvalue weighted by Gasteiger charge is -2.23. The molecule has 29 heavy (non-hydrogen) atoms. The van der Waals surface area contributed by atoms with Gasteiger partial charge < -0.3 is 0 Å². The minimum atomic E-state index is -4.85. The molecule has 0 radical (unpaired) electrons. The number of nitrogens with one attached hydrogen (secondary N) is 1. The Morgan fingerprint density at radius 2 is 1.69 bits per heavy atom. The summed E-state index contributed by atoms with van der Waals surface area (Å²) in [6.45, 7) is -0.625. The number of hydroxylamine groups is 1. The maximum absolute atomic E-state index is 14.3. The zero-order valence-corrected chi connectivity index (χ0v) is 15.2. The van der Waals surface area contributed by atoms with Crippen LogP contribution in [0.25, 0.3) is 0 Å². The van der Waals surface area contributed by atoms with E-state index in [0.29, 0.717) is 17.1 Å². The van der Waals surface area contributed by atoms with Gasteiger partial charge in [0.1, 0.15) is 10.7 Å². The van der Waals surface area contributed by atoms with Crippen molar-refractivity contribution < 1.29 is 40.4 Å². The minimum absolute atomic E-state index is 0.0313. The van der Waals surface area contributed by atoms with Gasteiger partial charge in [0.25, 0.3) is 5.91 Å². The van der Waals surface area contributed by atoms with Gasteiger partial charge in [0.2, 0.25) is 10.0 Å². The summed E-state index contributed by atoms with van der Waals surface area (Å²) in [7, 11) is -4.85. The Balaban J connectivity index is 2.00. The molecular weight excluding hydrogens is 423 g/mol. The van der Waals surface area contributed by atoms with Crippen LogP contribution in [0.1, 0.15) is 28.8 Å². The van der Waals surface area contributed by atoms with Crippen molar-refractivity contribution in [2.45, 2.75) is 30.3 Å². The molecule has 156 valence electrons. The molecule has 0 atom stereocenters. The van der Waals surface area contributed by atoms with E-state index in [2.05, 4.69) is 0 Å². The van der Waals surface area contributed by atoms with E-state index in [1.807, 2.05) is 0 Å². The van der Waals surface area contributed by atoms with Crippen molar-refractivity contribution in [3.8, 4) is 0 Å². The quantitative estimate of drug-likeness (QED) is 0.240. The first-order valence-electron chi connectivity index (χ1n) is 8.15. The highest BCUT2D eigenvalue weighted by Gasteiger charge is 2.41. The molecule has 1 amide bonds. The summed E-state index contributed by atoms with van der Waals surface area (Å²) in [4.78, 5) is 9.91. The highest BCUT2D eigenvalue weighted by Crippen LogP contribution is 2.35. The molecule has 2 N–H and O–H groups in total. The van der Waals surface area contributed by atoms with Crippen LogP contribution in [0.2, 0.25) is 0 Å². The molecular formula is C17H13F5N2O4S. The van der Waals surface area contributed by atoms with Crippen LogP contribution in [0.4, 0.5) is 22.0 Å². The maximum Gasteiger partial charge on any atom is 0.274 e. The van der Waals surface area contributed by atoms with E-state index in [0.717, 1.165) is 18.2 Å². The van der Waals surface area contributed by atoms with Gasteiger partial charge in [0.05, 0.1) is 0 Å². The fourth-order valence-corrected chi connectivity index (χ4v) is 4.42. The standard InChI is InChI=1S/C17H13F5N2O4S/c18-11-5-8(17(25)23-26)1-2-9(11)7-24(10-3-4-10)29(27,28)13-6-12(19)14(20)16(22)15(13)21/h1-2,5-6,10,26H,3-4,7H2,(H,23,25). The van der Waals surface area contributed by atoms with E-state index in [-0.39, 0.29) is 17.2 Å². The normalized spacial score (nSPS) is 14.3. The molecule has 6 nitrogen and oxygen atoms in total. The molecule has 0 aromatic heterocycles. The van der Waals surface area contributed by atoms with Crippen LogP contribution in [-0.4, -0.2) is 29.9 Å². The molecule has 12 heteroatoms. The number of benzene rings is 2. The van der Waals surface area contributed by atoms with E-state index >= 15 is 0 Å². The van der Waals surface area contributed by atoms with Crippen molar-refractivity contribution in [3.63, 3.8) is 0 Å². The number of carbonyl (C=O) groups excluding carboxylic acids is 1. The van der Waals surface area contributed by atoms with E-state index in [9.17, 15) is 35.2 Å². The Morgan fingerprint density at radius 3 is 2.24 bits per heavy atom. The Hall–Kier alpha value is -2.57. The molecule has 1 aliphatic carbocycles. The van der Waals surface area contributed by atoms with E-state index < -0.39 is 62.5 Å². The topological polar surface area (TPSA) is 86.7 Å². The second-order valence-corrected chi connectivity index (χ2v) is 8.19. The third-order valence-electron chi connectivity index (χ3n) is 4.35. The first kappa shape index (κ1) is 21.1. The van der Waals surface area contributed by atoms with Crippen LogP contribution >= 0.6 is 0 Å². The zero-order chi connectivity index (χ0) is 21.5. The monoisotopic (exact) mass is 436 g/mol. The Kier molecular flexibility index (Phi) is 5.61. The predicted octanol–water partition coefficient (Wildman–Crippen LogP) is 2.85. The molecule has 0 unspecified atom stereocenters. The van der Waals surface area contributed by atoms with E-state index in [4.69, 9.17) is 5.21 Å². The summed E-state index contributed by atoms with van der Waals surface area (Å²) in [6, 6.07) is 2.29. The SMILES string of the molecule is O=C(NO)c1ccc(CN(C2CC2)S(=O)(=O)c2cc(F)c(F)c(F)c2F)c(F)c1. The van der Waals surface area contributed by atoms with E-state index in [1.165, 1.54) is 5.48 Å². The summed E-state index contributed by atoms with van der Waals surface area (Å²) >= 11 is 0. The van der Waals surface area contributed by atoms with Crippen molar-refractivity contribution in [3.05, 3.63) is 64.5 Å². The van der Waals surface area contributed by atoms with Gasteiger partial charge in [0.15, 0.2) is 23.3 Å². The number of halogens is 5. The first-order valence-corrected chi connectivity index (χ1v) is 9.59. The van der Waals surface area contributed by atoms with Crippen LogP contribution in [0, 0.1) is 29.1 Å². The lowest BCUT2D eigenvalue weighted by molar-refractivity contribution is 0.0706. The van der Waals surface area contributed by atoms with Gasteiger partial charge in [-0.25, -0.2) is 35.8 Å². The second kappa shape index (κ2) is 7.69. The minimum Gasteiger partial charge on any atom is -0.288 e. The van der Waals surface area contributed by atoms with E-state index in [1.54, 1.807) is 0 Å². The molecule has 0 saturated heterocycles. The maximum atomic E-state index is 14.3. The average molecular weight is 436 g/mol. The lowest BCUT2D eigenvalue weighted by atomic mass is 10.1. The van der Waals surface area contributed by atoms with Crippen molar-refractivity contribution in [2.75, 3.05) is 0 Å². The molecule has 1 aliphatic rings. The van der Waals surface area contributed by atoms with Gasteiger partial charge in [-0.1, -0.05) is 6.07 Å². The highest BCUT2D eigenvalue weighted by atomic mass is 32.2. The van der Waals surface area contributed by atoms with Gasteiger partial charge >= 0.3 is 0 Å². The molecule has 0 heterocycles. The summed E-state index contributed by atoms with van der Waals surface area (Å²) in [5, 5.41) is 8.56. The predicted molar refractivity (Wildman–Crippen MR) is 87.7 cm³/mol. The van der Waals surface area contributed by atoms with Crippen LogP contribution in [0.15, 0.2) is 29.2 Å². The van der Waals surface area contributed by atoms with Gasteiger partial charge in [0, 0.05) is 29.8 Å². The first-order chi connectivity index (χ1) is 13.6. The summed E-state index contributed by atoms with van der Waals surface area (Å²) < 4.78 is 94.8. The van der Waals surface area contributed by atoms with Crippen LogP contribution in [-0.2, 0) is 16.6 Å². The number of sulfonamides is 1. The van der Waals surface area contributed by atoms with Crippen LogP contribution < -0.4 is 5.48 Å². The Bertz CT molecular complexity index is 1090. The van der Waals surface area contributed by atoms with Crippen LogP contribution in [0.3, 0.4) is 0 Å². The number of amides is 1. The highest BCUT2D eigenvalue weighted by molar-refractivity contribution is 7.89. The van der Waals surface area contributed by atoms with Crippen molar-refractivity contribution in [1.82, 2.24) is 9.79 Å².